The smallest absolute Gasteiger partial charge is 0.261 e. The van der Waals surface area contributed by atoms with Crippen molar-refractivity contribution in [2.24, 2.45) is 0 Å². The fraction of sp³-hybridized carbons (Fsp3) is 0.364. The second kappa shape index (κ2) is 9.88. The minimum Gasteiger partial charge on any atom is -0.483 e. The summed E-state index contributed by atoms with van der Waals surface area (Å²) in [6, 6.07) is 13.0. The molecule has 2 aromatic rings. The number of carbonyl (C=O) groups is 2. The largest absolute Gasteiger partial charge is 0.483 e. The van der Waals surface area contributed by atoms with Crippen LogP contribution in [0.2, 0.25) is 0 Å². The average Bonchev–Trinajstić information content (AvgIpc) is 2.70. The summed E-state index contributed by atoms with van der Waals surface area (Å²) >= 11 is 0. The standard InChI is InChI=1S/C22H27FN2O3/c1-15(2)18-10-6-8-12-20(18)28-14-21(26)25(16(3)22(27)24-4)13-17-9-5-7-11-19(17)23/h5-12,15-16H,13-14H2,1-4H3,(H,24,27)/t16-/m1/s1. The zero-order valence-corrected chi connectivity index (χ0v) is 16.7. The van der Waals surface area contributed by atoms with E-state index in [2.05, 4.69) is 5.32 Å². The van der Waals surface area contributed by atoms with Crippen LogP contribution in [0.1, 0.15) is 37.8 Å². The van der Waals surface area contributed by atoms with Crippen molar-refractivity contribution in [3.8, 4) is 5.75 Å². The van der Waals surface area contributed by atoms with E-state index in [1.54, 1.807) is 25.1 Å². The maximum Gasteiger partial charge on any atom is 0.261 e. The molecule has 0 aromatic heterocycles. The molecule has 5 nitrogen and oxygen atoms in total. The van der Waals surface area contributed by atoms with Gasteiger partial charge in [-0.05, 0) is 30.5 Å². The van der Waals surface area contributed by atoms with E-state index in [9.17, 15) is 14.0 Å². The molecule has 1 atom stereocenters. The van der Waals surface area contributed by atoms with Crippen molar-refractivity contribution in [1.82, 2.24) is 10.2 Å². The molecule has 0 aliphatic heterocycles. The second-order valence-corrected chi connectivity index (χ2v) is 6.88. The Morgan fingerprint density at radius 2 is 1.71 bits per heavy atom. The van der Waals surface area contributed by atoms with E-state index in [0.717, 1.165) is 5.56 Å². The number of amides is 2. The lowest BCUT2D eigenvalue weighted by Gasteiger charge is -2.28. The summed E-state index contributed by atoms with van der Waals surface area (Å²) in [6.45, 7) is 5.44. The summed E-state index contributed by atoms with van der Waals surface area (Å²) in [7, 11) is 1.50. The summed E-state index contributed by atoms with van der Waals surface area (Å²) in [6.07, 6.45) is 0. The van der Waals surface area contributed by atoms with Crippen molar-refractivity contribution in [1.29, 1.82) is 0 Å². The molecule has 0 bridgehead atoms. The zero-order valence-electron chi connectivity index (χ0n) is 16.7. The van der Waals surface area contributed by atoms with Gasteiger partial charge in [0, 0.05) is 19.2 Å². The molecular weight excluding hydrogens is 359 g/mol. The van der Waals surface area contributed by atoms with Crippen LogP contribution in [-0.2, 0) is 16.1 Å². The summed E-state index contributed by atoms with van der Waals surface area (Å²) in [4.78, 5) is 26.3. The van der Waals surface area contributed by atoms with Gasteiger partial charge in [0.1, 0.15) is 17.6 Å². The second-order valence-electron chi connectivity index (χ2n) is 6.88. The maximum absolute atomic E-state index is 14.1. The third kappa shape index (κ3) is 5.31. The first-order valence-electron chi connectivity index (χ1n) is 9.31. The third-order valence-electron chi connectivity index (χ3n) is 4.60. The molecule has 0 aliphatic carbocycles. The molecule has 0 aliphatic rings. The SMILES string of the molecule is CNC(=O)[C@@H](C)N(Cc1ccccc1F)C(=O)COc1ccccc1C(C)C. The Kier molecular flexibility index (Phi) is 7.55. The molecule has 6 heteroatoms. The molecule has 0 heterocycles. The van der Waals surface area contributed by atoms with Crippen LogP contribution in [0.15, 0.2) is 48.5 Å². The highest BCUT2D eigenvalue weighted by Gasteiger charge is 2.26. The van der Waals surface area contributed by atoms with Gasteiger partial charge in [0.15, 0.2) is 6.61 Å². The number of nitrogens with one attached hydrogen (secondary N) is 1. The van der Waals surface area contributed by atoms with E-state index >= 15 is 0 Å². The van der Waals surface area contributed by atoms with Gasteiger partial charge in [-0.25, -0.2) is 4.39 Å². The van der Waals surface area contributed by atoms with Crippen LogP contribution in [0.5, 0.6) is 5.75 Å². The molecule has 28 heavy (non-hydrogen) atoms. The molecule has 2 aromatic carbocycles. The minimum atomic E-state index is -0.763. The van der Waals surface area contributed by atoms with Gasteiger partial charge < -0.3 is 15.0 Å². The lowest BCUT2D eigenvalue weighted by Crippen LogP contribution is -2.48. The molecule has 0 spiro atoms. The number of hydrogen-bond acceptors (Lipinski definition) is 3. The summed E-state index contributed by atoms with van der Waals surface area (Å²) in [5, 5.41) is 2.53. The topological polar surface area (TPSA) is 58.6 Å². The van der Waals surface area contributed by atoms with E-state index in [1.807, 2.05) is 38.1 Å². The number of para-hydroxylation sites is 1. The van der Waals surface area contributed by atoms with E-state index in [0.29, 0.717) is 11.3 Å². The zero-order chi connectivity index (χ0) is 20.7. The summed E-state index contributed by atoms with van der Waals surface area (Å²) in [5.74, 6) is -0.268. The van der Waals surface area contributed by atoms with Crippen LogP contribution in [0, 0.1) is 5.82 Å². The van der Waals surface area contributed by atoms with Gasteiger partial charge in [-0.3, -0.25) is 9.59 Å². The quantitative estimate of drug-likeness (QED) is 0.756. The molecule has 0 saturated heterocycles. The van der Waals surface area contributed by atoms with Crippen molar-refractivity contribution in [3.63, 3.8) is 0 Å². The summed E-state index contributed by atoms with van der Waals surface area (Å²) in [5.41, 5.74) is 1.34. The number of rotatable bonds is 8. The third-order valence-corrected chi connectivity index (χ3v) is 4.60. The summed E-state index contributed by atoms with van der Waals surface area (Å²) < 4.78 is 19.8. The molecular formula is C22H27FN2O3. The predicted octanol–water partition coefficient (Wildman–Crippen LogP) is 3.49. The van der Waals surface area contributed by atoms with Gasteiger partial charge >= 0.3 is 0 Å². The van der Waals surface area contributed by atoms with E-state index < -0.39 is 17.8 Å². The lowest BCUT2D eigenvalue weighted by molar-refractivity contribution is -0.142. The lowest BCUT2D eigenvalue weighted by atomic mass is 10.0. The predicted molar refractivity (Wildman–Crippen MR) is 107 cm³/mol. The van der Waals surface area contributed by atoms with Gasteiger partial charge in [0.25, 0.3) is 5.91 Å². The molecule has 150 valence electrons. The normalized spacial score (nSPS) is 11.8. The van der Waals surface area contributed by atoms with Crippen molar-refractivity contribution < 1.29 is 18.7 Å². The van der Waals surface area contributed by atoms with Gasteiger partial charge in [0.05, 0.1) is 0 Å². The van der Waals surface area contributed by atoms with Crippen LogP contribution in [0.3, 0.4) is 0 Å². The number of likely N-dealkylation sites (N-methyl/N-ethyl adjacent to an activating group) is 1. The minimum absolute atomic E-state index is 0.0186. The number of ether oxygens (including phenoxy) is 1. The highest BCUT2D eigenvalue weighted by atomic mass is 19.1. The molecule has 0 unspecified atom stereocenters. The Labute approximate surface area is 165 Å². The van der Waals surface area contributed by atoms with E-state index in [4.69, 9.17) is 4.74 Å². The Balaban J connectivity index is 2.19. The Bertz CT molecular complexity index is 823. The first-order valence-corrected chi connectivity index (χ1v) is 9.31. The molecule has 0 fully saturated rings. The molecule has 1 N–H and O–H groups in total. The van der Waals surface area contributed by atoms with Crippen molar-refractivity contribution in [3.05, 3.63) is 65.5 Å². The molecule has 2 amide bonds. The highest BCUT2D eigenvalue weighted by Crippen LogP contribution is 2.26. The van der Waals surface area contributed by atoms with Crippen LogP contribution >= 0.6 is 0 Å². The Hall–Kier alpha value is -2.89. The van der Waals surface area contributed by atoms with Crippen LogP contribution in [0.25, 0.3) is 0 Å². The highest BCUT2D eigenvalue weighted by molar-refractivity contribution is 5.87. The monoisotopic (exact) mass is 386 g/mol. The van der Waals surface area contributed by atoms with Gasteiger partial charge in [0.2, 0.25) is 5.91 Å². The first-order chi connectivity index (χ1) is 13.3. The van der Waals surface area contributed by atoms with E-state index in [1.165, 1.54) is 18.0 Å². The molecule has 0 radical (unpaired) electrons. The van der Waals surface area contributed by atoms with Crippen molar-refractivity contribution >= 4 is 11.8 Å². The van der Waals surface area contributed by atoms with E-state index in [-0.39, 0.29) is 25.0 Å². The van der Waals surface area contributed by atoms with Gasteiger partial charge in [-0.1, -0.05) is 50.2 Å². The fourth-order valence-corrected chi connectivity index (χ4v) is 2.91. The van der Waals surface area contributed by atoms with Crippen LogP contribution in [-0.4, -0.2) is 36.4 Å². The molecule has 0 saturated carbocycles. The number of hydrogen-bond donors (Lipinski definition) is 1. The average molecular weight is 386 g/mol. The fourth-order valence-electron chi connectivity index (χ4n) is 2.91. The van der Waals surface area contributed by atoms with Crippen molar-refractivity contribution in [2.75, 3.05) is 13.7 Å². The maximum atomic E-state index is 14.1. The Morgan fingerprint density at radius 1 is 1.07 bits per heavy atom. The first kappa shape index (κ1) is 21.4. The Morgan fingerprint density at radius 3 is 2.36 bits per heavy atom. The number of benzene rings is 2. The van der Waals surface area contributed by atoms with Crippen LogP contribution < -0.4 is 10.1 Å². The number of carbonyl (C=O) groups excluding carboxylic acids is 2. The van der Waals surface area contributed by atoms with Crippen LogP contribution in [0.4, 0.5) is 4.39 Å². The van der Waals surface area contributed by atoms with Crippen molar-refractivity contribution in [2.45, 2.75) is 39.3 Å². The number of nitrogens with zero attached hydrogens (tertiary/aromatic N) is 1. The molecule has 2 rings (SSSR count). The van der Waals surface area contributed by atoms with Gasteiger partial charge in [-0.15, -0.1) is 0 Å². The van der Waals surface area contributed by atoms with Gasteiger partial charge in [-0.2, -0.15) is 0 Å². The number of halogens is 1.